The van der Waals surface area contributed by atoms with Crippen LogP contribution >= 0.6 is 0 Å². The second-order valence-electron chi connectivity index (χ2n) is 5.43. The average molecular weight is 277 g/mol. The molecule has 1 aliphatic rings. The Labute approximate surface area is 120 Å². The summed E-state index contributed by atoms with van der Waals surface area (Å²) >= 11 is 0. The van der Waals surface area contributed by atoms with E-state index in [0.717, 1.165) is 13.1 Å². The number of ether oxygens (including phenoxy) is 1. The van der Waals surface area contributed by atoms with Gasteiger partial charge in [-0.15, -0.1) is 0 Å². The molecule has 0 bridgehead atoms. The van der Waals surface area contributed by atoms with Crippen molar-refractivity contribution in [1.82, 2.24) is 10.3 Å². The fourth-order valence-corrected chi connectivity index (χ4v) is 2.61. The lowest BCUT2D eigenvalue weighted by molar-refractivity contribution is -0.117. The van der Waals surface area contributed by atoms with E-state index in [1.54, 1.807) is 25.4 Å². The Kier molecular flexibility index (Phi) is 5.35. The van der Waals surface area contributed by atoms with Crippen LogP contribution in [0.15, 0.2) is 18.3 Å². The number of aromatic nitrogens is 1. The smallest absolute Gasteiger partial charge is 0.224 e. The molecule has 1 aromatic rings. The Hall–Kier alpha value is -1.62. The van der Waals surface area contributed by atoms with Crippen molar-refractivity contribution in [2.45, 2.75) is 26.2 Å². The van der Waals surface area contributed by atoms with Gasteiger partial charge in [0.05, 0.1) is 19.0 Å². The van der Waals surface area contributed by atoms with Crippen LogP contribution in [0.5, 0.6) is 5.88 Å². The normalized spacial score (nSPS) is 20.2. The summed E-state index contributed by atoms with van der Waals surface area (Å²) in [6, 6.07) is 3.54. The predicted octanol–water partition coefficient (Wildman–Crippen LogP) is 2.05. The highest BCUT2D eigenvalue weighted by Gasteiger charge is 2.21. The molecule has 0 radical (unpaired) electrons. The topological polar surface area (TPSA) is 63.2 Å². The minimum Gasteiger partial charge on any atom is -0.481 e. The monoisotopic (exact) mass is 277 g/mol. The van der Waals surface area contributed by atoms with E-state index in [9.17, 15) is 4.79 Å². The number of rotatable bonds is 5. The lowest BCUT2D eigenvalue weighted by atomic mass is 9.85. The number of pyridine rings is 1. The molecule has 2 unspecified atom stereocenters. The zero-order valence-electron chi connectivity index (χ0n) is 12.2. The number of anilines is 1. The lowest BCUT2D eigenvalue weighted by Gasteiger charge is -2.28. The number of nitrogens with zero attached hydrogens (tertiary/aromatic N) is 1. The van der Waals surface area contributed by atoms with Crippen LogP contribution in [0.2, 0.25) is 0 Å². The van der Waals surface area contributed by atoms with Gasteiger partial charge in [-0.05, 0) is 43.8 Å². The molecule has 5 nitrogen and oxygen atoms in total. The first kappa shape index (κ1) is 14.8. The molecule has 1 saturated heterocycles. The second kappa shape index (κ2) is 7.24. The van der Waals surface area contributed by atoms with Crippen molar-refractivity contribution in [1.29, 1.82) is 0 Å². The van der Waals surface area contributed by atoms with Crippen LogP contribution in [0.1, 0.15) is 26.2 Å². The van der Waals surface area contributed by atoms with Crippen LogP contribution in [-0.4, -0.2) is 31.1 Å². The van der Waals surface area contributed by atoms with Crippen molar-refractivity contribution < 1.29 is 9.53 Å². The quantitative estimate of drug-likeness (QED) is 0.864. The van der Waals surface area contributed by atoms with Gasteiger partial charge in [-0.25, -0.2) is 4.98 Å². The number of carbonyl (C=O) groups is 1. The van der Waals surface area contributed by atoms with Gasteiger partial charge in [-0.2, -0.15) is 0 Å². The molecule has 2 N–H and O–H groups in total. The van der Waals surface area contributed by atoms with E-state index in [4.69, 9.17) is 4.74 Å². The van der Waals surface area contributed by atoms with Gasteiger partial charge in [-0.3, -0.25) is 4.79 Å². The molecule has 0 spiro atoms. The Bertz CT molecular complexity index is 427. The summed E-state index contributed by atoms with van der Waals surface area (Å²) in [5, 5.41) is 6.28. The Morgan fingerprint density at radius 1 is 1.60 bits per heavy atom. The largest absolute Gasteiger partial charge is 0.481 e. The van der Waals surface area contributed by atoms with Crippen molar-refractivity contribution in [2.75, 3.05) is 25.5 Å². The van der Waals surface area contributed by atoms with Crippen molar-refractivity contribution >= 4 is 11.6 Å². The summed E-state index contributed by atoms with van der Waals surface area (Å²) in [5.41, 5.74) is 0.713. The molecule has 1 aliphatic heterocycles. The molecule has 0 aliphatic carbocycles. The van der Waals surface area contributed by atoms with E-state index >= 15 is 0 Å². The van der Waals surface area contributed by atoms with E-state index in [-0.39, 0.29) is 5.91 Å². The van der Waals surface area contributed by atoms with Gasteiger partial charge in [0.1, 0.15) is 0 Å². The van der Waals surface area contributed by atoms with E-state index in [2.05, 4.69) is 22.5 Å². The molecule has 1 fully saturated rings. The van der Waals surface area contributed by atoms with Crippen LogP contribution in [0.25, 0.3) is 0 Å². The predicted molar refractivity (Wildman–Crippen MR) is 78.8 cm³/mol. The fraction of sp³-hybridized carbons (Fsp3) is 0.600. The molecule has 2 heterocycles. The van der Waals surface area contributed by atoms with Crippen molar-refractivity contribution in [3.05, 3.63) is 18.3 Å². The highest BCUT2D eigenvalue weighted by atomic mass is 16.5. The first-order chi connectivity index (χ1) is 9.69. The molecule has 110 valence electrons. The summed E-state index contributed by atoms with van der Waals surface area (Å²) in [5.74, 6) is 1.59. The summed E-state index contributed by atoms with van der Waals surface area (Å²) in [4.78, 5) is 16.1. The Morgan fingerprint density at radius 3 is 3.05 bits per heavy atom. The number of hydrogen-bond donors (Lipinski definition) is 2. The van der Waals surface area contributed by atoms with Crippen molar-refractivity contribution in [3.63, 3.8) is 0 Å². The van der Waals surface area contributed by atoms with E-state index in [1.807, 2.05) is 0 Å². The molecule has 1 amide bonds. The zero-order valence-corrected chi connectivity index (χ0v) is 12.2. The zero-order chi connectivity index (χ0) is 14.4. The first-order valence-corrected chi connectivity index (χ1v) is 7.19. The average Bonchev–Trinajstić information content (AvgIpc) is 2.49. The van der Waals surface area contributed by atoms with E-state index < -0.39 is 0 Å². The SMILES string of the molecule is COc1ccc(NC(=O)CC(C)C2CCCNC2)cn1. The maximum absolute atomic E-state index is 12.0. The van der Waals surface area contributed by atoms with Crippen LogP contribution in [0, 0.1) is 11.8 Å². The fourth-order valence-electron chi connectivity index (χ4n) is 2.61. The summed E-state index contributed by atoms with van der Waals surface area (Å²) in [6.07, 6.45) is 4.59. The minimum atomic E-state index is 0.0510. The summed E-state index contributed by atoms with van der Waals surface area (Å²) < 4.78 is 4.99. The third-order valence-electron chi connectivity index (χ3n) is 3.88. The van der Waals surface area contributed by atoms with Crippen LogP contribution in [0.3, 0.4) is 0 Å². The van der Waals surface area contributed by atoms with Gasteiger partial charge in [0.15, 0.2) is 0 Å². The summed E-state index contributed by atoms with van der Waals surface area (Å²) in [6.45, 7) is 4.29. The van der Waals surface area contributed by atoms with Gasteiger partial charge >= 0.3 is 0 Å². The van der Waals surface area contributed by atoms with Gasteiger partial charge < -0.3 is 15.4 Å². The van der Waals surface area contributed by atoms with E-state index in [1.165, 1.54) is 12.8 Å². The second-order valence-corrected chi connectivity index (χ2v) is 5.43. The number of nitrogens with one attached hydrogen (secondary N) is 2. The van der Waals surface area contributed by atoms with Crippen LogP contribution in [0.4, 0.5) is 5.69 Å². The minimum absolute atomic E-state index is 0.0510. The molecular formula is C15H23N3O2. The van der Waals surface area contributed by atoms with Gasteiger partial charge in [0.2, 0.25) is 11.8 Å². The number of piperidine rings is 1. The third kappa shape index (κ3) is 4.20. The maximum atomic E-state index is 12.0. The van der Waals surface area contributed by atoms with Crippen LogP contribution < -0.4 is 15.4 Å². The van der Waals surface area contributed by atoms with Gasteiger partial charge in [0.25, 0.3) is 0 Å². The number of carbonyl (C=O) groups excluding carboxylic acids is 1. The number of amides is 1. The lowest BCUT2D eigenvalue weighted by Crippen LogP contribution is -2.34. The maximum Gasteiger partial charge on any atom is 0.224 e. The third-order valence-corrected chi connectivity index (χ3v) is 3.88. The number of hydrogen-bond acceptors (Lipinski definition) is 4. The standard InChI is InChI=1S/C15H23N3O2/c1-11(12-4-3-7-16-9-12)8-14(19)18-13-5-6-15(20-2)17-10-13/h5-6,10-12,16H,3-4,7-9H2,1-2H3,(H,18,19). The molecule has 20 heavy (non-hydrogen) atoms. The number of methoxy groups -OCH3 is 1. The molecular weight excluding hydrogens is 254 g/mol. The first-order valence-electron chi connectivity index (χ1n) is 7.19. The highest BCUT2D eigenvalue weighted by molar-refractivity contribution is 5.90. The molecule has 0 aromatic carbocycles. The molecule has 2 rings (SSSR count). The Balaban J connectivity index is 1.81. The molecule has 5 heteroatoms. The highest BCUT2D eigenvalue weighted by Crippen LogP contribution is 2.23. The molecule has 0 saturated carbocycles. The summed E-state index contributed by atoms with van der Waals surface area (Å²) in [7, 11) is 1.57. The van der Waals surface area contributed by atoms with Crippen LogP contribution in [-0.2, 0) is 4.79 Å². The molecule has 2 atom stereocenters. The van der Waals surface area contributed by atoms with E-state index in [0.29, 0.717) is 29.8 Å². The van der Waals surface area contributed by atoms with Crippen molar-refractivity contribution in [3.8, 4) is 5.88 Å². The van der Waals surface area contributed by atoms with Gasteiger partial charge in [0, 0.05) is 12.5 Å². The van der Waals surface area contributed by atoms with Gasteiger partial charge in [-0.1, -0.05) is 6.92 Å². The Morgan fingerprint density at radius 2 is 2.45 bits per heavy atom. The van der Waals surface area contributed by atoms with Crippen molar-refractivity contribution in [2.24, 2.45) is 11.8 Å². The molecule has 1 aromatic heterocycles.